The first kappa shape index (κ1) is 15.7. The van der Waals surface area contributed by atoms with E-state index in [-0.39, 0.29) is 5.91 Å². The molecule has 4 nitrogen and oxygen atoms in total. The van der Waals surface area contributed by atoms with Crippen molar-refractivity contribution in [1.29, 1.82) is 0 Å². The number of benzene rings is 2. The molecule has 2 aromatic carbocycles. The number of amides is 1. The molecule has 1 unspecified atom stereocenters. The molecule has 0 aromatic heterocycles. The summed E-state index contributed by atoms with van der Waals surface area (Å²) in [6.45, 7) is 1.90. The summed E-state index contributed by atoms with van der Waals surface area (Å²) in [5.74, 6) is 1.28. The zero-order valence-electron chi connectivity index (χ0n) is 13.5. The number of methoxy groups -OCH3 is 2. The lowest BCUT2D eigenvalue weighted by molar-refractivity contribution is -0.121. The van der Waals surface area contributed by atoms with Gasteiger partial charge in [-0.1, -0.05) is 17.7 Å². The second-order valence-corrected chi connectivity index (χ2v) is 6.15. The molecule has 1 heterocycles. The molecule has 120 valence electrons. The van der Waals surface area contributed by atoms with Crippen LogP contribution in [0.15, 0.2) is 36.4 Å². The van der Waals surface area contributed by atoms with Gasteiger partial charge in [0.2, 0.25) is 5.91 Å². The second kappa shape index (κ2) is 5.46. The topological polar surface area (TPSA) is 38.8 Å². The summed E-state index contributed by atoms with van der Waals surface area (Å²) < 4.78 is 10.8. The summed E-state index contributed by atoms with van der Waals surface area (Å²) in [6, 6.07) is 11.0. The Bertz CT molecular complexity index is 790. The highest BCUT2D eigenvalue weighted by Crippen LogP contribution is 2.49. The molecular formula is C18H18ClNO3. The number of ether oxygens (including phenoxy) is 2. The lowest BCUT2D eigenvalue weighted by Gasteiger charge is -2.26. The monoisotopic (exact) mass is 331 g/mol. The number of nitrogens with zero attached hydrogens (tertiary/aromatic N) is 1. The van der Waals surface area contributed by atoms with Crippen LogP contribution in [-0.2, 0) is 10.2 Å². The number of rotatable bonds is 3. The fraction of sp³-hybridized carbons (Fsp3) is 0.278. The van der Waals surface area contributed by atoms with Crippen LogP contribution in [0, 0.1) is 0 Å². The summed E-state index contributed by atoms with van der Waals surface area (Å²) in [5, 5.41) is 0.602. The molecule has 1 amide bonds. The van der Waals surface area contributed by atoms with Crippen molar-refractivity contribution in [1.82, 2.24) is 0 Å². The molecule has 0 radical (unpaired) electrons. The number of carbonyl (C=O) groups excluding carboxylic acids is 1. The van der Waals surface area contributed by atoms with E-state index in [1.807, 2.05) is 31.2 Å². The Balaban J connectivity index is 2.27. The predicted molar refractivity (Wildman–Crippen MR) is 90.9 cm³/mol. The van der Waals surface area contributed by atoms with Crippen molar-refractivity contribution in [2.45, 2.75) is 12.3 Å². The Morgan fingerprint density at radius 1 is 1.04 bits per heavy atom. The van der Waals surface area contributed by atoms with Gasteiger partial charge < -0.3 is 14.4 Å². The molecule has 0 bridgehead atoms. The van der Waals surface area contributed by atoms with E-state index in [2.05, 4.69) is 0 Å². The second-order valence-electron chi connectivity index (χ2n) is 5.72. The summed E-state index contributed by atoms with van der Waals surface area (Å²) in [7, 11) is 4.96. The molecule has 3 rings (SSSR count). The third kappa shape index (κ3) is 2.17. The van der Waals surface area contributed by atoms with Crippen molar-refractivity contribution in [3.63, 3.8) is 0 Å². The molecule has 1 aliphatic heterocycles. The van der Waals surface area contributed by atoms with Gasteiger partial charge in [-0.15, -0.1) is 0 Å². The third-order valence-corrected chi connectivity index (χ3v) is 4.77. The smallest absolute Gasteiger partial charge is 0.241 e. The van der Waals surface area contributed by atoms with Crippen LogP contribution in [0.5, 0.6) is 11.5 Å². The fourth-order valence-electron chi connectivity index (χ4n) is 3.23. The average Bonchev–Trinajstić information content (AvgIpc) is 2.76. The summed E-state index contributed by atoms with van der Waals surface area (Å²) in [6.07, 6.45) is 0. The van der Waals surface area contributed by atoms with Gasteiger partial charge in [-0.25, -0.2) is 0 Å². The van der Waals surface area contributed by atoms with Crippen LogP contribution in [0.3, 0.4) is 0 Å². The number of halogens is 1. The van der Waals surface area contributed by atoms with Crippen molar-refractivity contribution >= 4 is 23.2 Å². The average molecular weight is 332 g/mol. The maximum Gasteiger partial charge on any atom is 0.241 e. The quantitative estimate of drug-likeness (QED) is 0.862. The van der Waals surface area contributed by atoms with Crippen LogP contribution >= 0.6 is 11.6 Å². The van der Waals surface area contributed by atoms with Gasteiger partial charge in [0, 0.05) is 29.4 Å². The first-order valence-electron chi connectivity index (χ1n) is 7.24. The minimum absolute atomic E-state index is 0.0155. The highest BCUT2D eigenvalue weighted by Gasteiger charge is 2.48. The molecule has 1 aliphatic rings. The van der Waals surface area contributed by atoms with Crippen LogP contribution < -0.4 is 14.4 Å². The van der Waals surface area contributed by atoms with E-state index >= 15 is 0 Å². The van der Waals surface area contributed by atoms with E-state index in [0.29, 0.717) is 16.5 Å². The van der Waals surface area contributed by atoms with E-state index in [1.165, 1.54) is 0 Å². The number of hydrogen-bond acceptors (Lipinski definition) is 3. The Hall–Kier alpha value is -2.20. The van der Waals surface area contributed by atoms with Crippen molar-refractivity contribution < 1.29 is 14.3 Å². The standard InChI is InChI=1S/C18H18ClNO3/c1-18(13-7-6-12(22-3)10-16(13)23-4)14-9-11(19)5-8-15(14)20(2)17(18)21/h5-10H,1-4H3. The SMILES string of the molecule is COc1ccc(C2(C)C(=O)N(C)c3ccc(Cl)cc32)c(OC)c1. The van der Waals surface area contributed by atoms with E-state index < -0.39 is 5.41 Å². The lowest BCUT2D eigenvalue weighted by atomic mass is 9.76. The zero-order valence-corrected chi connectivity index (χ0v) is 14.3. The van der Waals surface area contributed by atoms with Crippen LogP contribution in [0.25, 0.3) is 0 Å². The van der Waals surface area contributed by atoms with Crippen LogP contribution in [0.4, 0.5) is 5.69 Å². The largest absolute Gasteiger partial charge is 0.497 e. The Kier molecular flexibility index (Phi) is 3.72. The fourth-order valence-corrected chi connectivity index (χ4v) is 3.41. The Morgan fingerprint density at radius 2 is 1.78 bits per heavy atom. The molecule has 5 heteroatoms. The number of likely N-dealkylation sites (N-methyl/N-ethyl adjacent to an activating group) is 1. The lowest BCUT2D eigenvalue weighted by Crippen LogP contribution is -2.37. The van der Waals surface area contributed by atoms with E-state index in [1.54, 1.807) is 38.3 Å². The van der Waals surface area contributed by atoms with Crippen LogP contribution in [0.1, 0.15) is 18.1 Å². The van der Waals surface area contributed by atoms with E-state index in [0.717, 1.165) is 16.8 Å². The van der Waals surface area contributed by atoms with E-state index in [9.17, 15) is 4.79 Å². The van der Waals surface area contributed by atoms with Gasteiger partial charge >= 0.3 is 0 Å². The number of fused-ring (bicyclic) bond motifs is 1. The van der Waals surface area contributed by atoms with Gasteiger partial charge in [-0.2, -0.15) is 0 Å². The first-order chi connectivity index (χ1) is 10.9. The molecule has 0 fully saturated rings. The van der Waals surface area contributed by atoms with Crippen LogP contribution in [-0.4, -0.2) is 27.2 Å². The zero-order chi connectivity index (χ0) is 16.8. The number of hydrogen-bond donors (Lipinski definition) is 0. The molecule has 23 heavy (non-hydrogen) atoms. The minimum atomic E-state index is -0.855. The minimum Gasteiger partial charge on any atom is -0.497 e. The molecule has 0 aliphatic carbocycles. The molecule has 0 saturated carbocycles. The van der Waals surface area contributed by atoms with Gasteiger partial charge in [0.25, 0.3) is 0 Å². The number of anilines is 1. The summed E-state index contributed by atoms with van der Waals surface area (Å²) in [5.41, 5.74) is 1.67. The third-order valence-electron chi connectivity index (χ3n) is 4.54. The molecule has 0 saturated heterocycles. The van der Waals surface area contributed by atoms with Gasteiger partial charge in [0.05, 0.1) is 14.2 Å². The van der Waals surface area contributed by atoms with Crippen molar-refractivity contribution in [3.8, 4) is 11.5 Å². The Labute approximate surface area is 140 Å². The molecule has 2 aromatic rings. The number of carbonyl (C=O) groups is 1. The highest BCUT2D eigenvalue weighted by molar-refractivity contribution is 6.31. The van der Waals surface area contributed by atoms with Gasteiger partial charge in [-0.05, 0) is 36.8 Å². The summed E-state index contributed by atoms with van der Waals surface area (Å²) in [4.78, 5) is 14.7. The highest BCUT2D eigenvalue weighted by atomic mass is 35.5. The first-order valence-corrected chi connectivity index (χ1v) is 7.62. The van der Waals surface area contributed by atoms with Gasteiger partial charge in [0.1, 0.15) is 16.9 Å². The Morgan fingerprint density at radius 3 is 2.43 bits per heavy atom. The predicted octanol–water partition coefficient (Wildman–Crippen LogP) is 3.64. The maximum atomic E-state index is 13.0. The van der Waals surface area contributed by atoms with Gasteiger partial charge in [0.15, 0.2) is 0 Å². The van der Waals surface area contributed by atoms with Gasteiger partial charge in [-0.3, -0.25) is 4.79 Å². The van der Waals surface area contributed by atoms with E-state index in [4.69, 9.17) is 21.1 Å². The maximum absolute atomic E-state index is 13.0. The van der Waals surface area contributed by atoms with Crippen molar-refractivity contribution in [2.24, 2.45) is 0 Å². The van der Waals surface area contributed by atoms with Crippen molar-refractivity contribution in [3.05, 3.63) is 52.5 Å². The molecule has 0 spiro atoms. The van der Waals surface area contributed by atoms with Crippen LogP contribution in [0.2, 0.25) is 5.02 Å². The molecule has 1 atom stereocenters. The summed E-state index contributed by atoms with van der Waals surface area (Å²) >= 11 is 6.17. The van der Waals surface area contributed by atoms with Crippen molar-refractivity contribution in [2.75, 3.05) is 26.2 Å². The molecular weight excluding hydrogens is 314 g/mol. The normalized spacial score (nSPS) is 19.7. The molecule has 0 N–H and O–H groups in total.